The minimum Gasteiger partial charge on any atom is -0.351 e. The van der Waals surface area contributed by atoms with Crippen molar-refractivity contribution in [3.8, 4) is 0 Å². The zero-order valence-corrected chi connectivity index (χ0v) is 16.5. The average molecular weight is 388 g/mol. The lowest BCUT2D eigenvalue weighted by molar-refractivity contribution is 0.0937. The third-order valence-electron chi connectivity index (χ3n) is 4.73. The summed E-state index contributed by atoms with van der Waals surface area (Å²) in [4.78, 5) is 27.0. The molecule has 0 saturated carbocycles. The number of hydrogen-bond acceptors (Lipinski definition) is 6. The van der Waals surface area contributed by atoms with Gasteiger partial charge in [-0.15, -0.1) is 10.2 Å². The largest absolute Gasteiger partial charge is 0.351 e. The van der Waals surface area contributed by atoms with Gasteiger partial charge >= 0.3 is 0 Å². The molecule has 2 N–H and O–H groups in total. The number of anilines is 1. The van der Waals surface area contributed by atoms with Crippen molar-refractivity contribution in [2.45, 2.75) is 39.2 Å². The van der Waals surface area contributed by atoms with Crippen LogP contribution in [0.1, 0.15) is 51.4 Å². The van der Waals surface area contributed by atoms with Crippen molar-refractivity contribution in [3.05, 3.63) is 39.8 Å². The second kappa shape index (κ2) is 9.05. The van der Waals surface area contributed by atoms with E-state index in [1.165, 1.54) is 30.6 Å². The van der Waals surface area contributed by atoms with Gasteiger partial charge in [-0.05, 0) is 51.4 Å². The fraction of sp³-hybridized carbons (Fsp3) is 0.474. The number of nitrogens with one attached hydrogen (secondary N) is 2. The summed E-state index contributed by atoms with van der Waals surface area (Å²) in [5.41, 5.74) is 1.08. The van der Waals surface area contributed by atoms with E-state index in [4.69, 9.17) is 0 Å². The van der Waals surface area contributed by atoms with Crippen molar-refractivity contribution >= 4 is 28.8 Å². The van der Waals surface area contributed by atoms with Gasteiger partial charge in [-0.3, -0.25) is 14.5 Å². The molecule has 1 aliphatic rings. The number of benzene rings is 1. The summed E-state index contributed by atoms with van der Waals surface area (Å²) in [5.74, 6) is -0.459. The van der Waals surface area contributed by atoms with Crippen LogP contribution in [0.5, 0.6) is 0 Å². The summed E-state index contributed by atoms with van der Waals surface area (Å²) in [7, 11) is 0. The Bertz CT molecular complexity index is 807. The summed E-state index contributed by atoms with van der Waals surface area (Å²) in [5, 5.41) is 14.4. The van der Waals surface area contributed by atoms with Crippen LogP contribution in [-0.4, -0.2) is 52.6 Å². The number of rotatable bonds is 6. The maximum absolute atomic E-state index is 12.4. The molecule has 1 aromatic carbocycles. The lowest BCUT2D eigenvalue weighted by Gasteiger charge is -2.33. The Kier molecular flexibility index (Phi) is 6.52. The summed E-state index contributed by atoms with van der Waals surface area (Å²) in [6.45, 7) is 6.61. The van der Waals surface area contributed by atoms with Gasteiger partial charge in [-0.2, -0.15) is 0 Å². The molecule has 1 atom stereocenters. The van der Waals surface area contributed by atoms with Gasteiger partial charge in [-0.1, -0.05) is 23.8 Å². The Morgan fingerprint density at radius 1 is 1.26 bits per heavy atom. The molecule has 1 saturated heterocycles. The molecule has 7 nitrogen and oxygen atoms in total. The van der Waals surface area contributed by atoms with Crippen molar-refractivity contribution in [2.24, 2.45) is 0 Å². The number of amides is 2. The third-order valence-corrected chi connectivity index (χ3v) is 5.57. The number of carbonyl (C=O) groups excluding carboxylic acids is 2. The maximum atomic E-state index is 12.4. The molecule has 1 aromatic heterocycles. The van der Waals surface area contributed by atoms with Crippen molar-refractivity contribution < 1.29 is 9.59 Å². The molecular weight excluding hydrogens is 362 g/mol. The maximum Gasteiger partial charge on any atom is 0.286 e. The first-order valence-corrected chi connectivity index (χ1v) is 10.1. The highest BCUT2D eigenvalue weighted by molar-refractivity contribution is 7.13. The van der Waals surface area contributed by atoms with Gasteiger partial charge < -0.3 is 10.6 Å². The molecule has 0 aliphatic carbocycles. The van der Waals surface area contributed by atoms with Crippen LogP contribution in [0.25, 0.3) is 0 Å². The Balaban J connectivity index is 1.53. The number of aryl methyl sites for hydroxylation is 1. The number of nitrogens with zero attached hydrogens (tertiary/aromatic N) is 3. The summed E-state index contributed by atoms with van der Waals surface area (Å²) in [6.07, 6.45) is 3.75. The molecule has 1 fully saturated rings. The minimum atomic E-state index is -0.322. The van der Waals surface area contributed by atoms with Crippen LogP contribution in [-0.2, 0) is 0 Å². The first-order chi connectivity index (χ1) is 13.0. The quantitative estimate of drug-likeness (QED) is 0.796. The third kappa shape index (κ3) is 5.33. The molecule has 1 aliphatic heterocycles. The first kappa shape index (κ1) is 19.4. The van der Waals surface area contributed by atoms with E-state index < -0.39 is 0 Å². The Morgan fingerprint density at radius 2 is 2.11 bits per heavy atom. The molecule has 8 heteroatoms. The van der Waals surface area contributed by atoms with Crippen molar-refractivity contribution in [2.75, 3.05) is 25.0 Å². The SMILES string of the molecule is Cc1nnc(C(=O)Nc2cccc(C(=O)NCCN3CCCC[C@H]3C)c2)s1. The van der Waals surface area contributed by atoms with Gasteiger partial charge in [0, 0.05) is 30.4 Å². The summed E-state index contributed by atoms with van der Waals surface area (Å²) in [6, 6.07) is 7.49. The zero-order valence-electron chi connectivity index (χ0n) is 15.7. The molecular formula is C19H25N5O2S. The van der Waals surface area contributed by atoms with E-state index in [9.17, 15) is 9.59 Å². The predicted octanol–water partition coefficient (Wildman–Crippen LogP) is 2.70. The lowest BCUT2D eigenvalue weighted by Crippen LogP contribution is -2.42. The van der Waals surface area contributed by atoms with E-state index in [0.717, 1.165) is 18.1 Å². The molecule has 0 spiro atoms. The van der Waals surface area contributed by atoms with E-state index in [-0.39, 0.29) is 11.8 Å². The van der Waals surface area contributed by atoms with Crippen LogP contribution in [0.2, 0.25) is 0 Å². The second-order valence-electron chi connectivity index (χ2n) is 6.80. The smallest absolute Gasteiger partial charge is 0.286 e. The van der Waals surface area contributed by atoms with Gasteiger partial charge in [0.15, 0.2) is 0 Å². The summed E-state index contributed by atoms with van der Waals surface area (Å²) >= 11 is 1.23. The Hall–Kier alpha value is -2.32. The minimum absolute atomic E-state index is 0.137. The molecule has 2 heterocycles. The average Bonchev–Trinajstić information content (AvgIpc) is 3.10. The number of carbonyl (C=O) groups is 2. The van der Waals surface area contributed by atoms with E-state index in [2.05, 4.69) is 32.7 Å². The normalized spacial score (nSPS) is 17.5. The fourth-order valence-electron chi connectivity index (χ4n) is 3.22. The monoisotopic (exact) mass is 387 g/mol. The van der Waals surface area contributed by atoms with Crippen LogP contribution < -0.4 is 10.6 Å². The molecule has 0 radical (unpaired) electrons. The fourth-order valence-corrected chi connectivity index (χ4v) is 3.80. The van der Waals surface area contributed by atoms with Crippen molar-refractivity contribution in [1.82, 2.24) is 20.4 Å². The standard InChI is InChI=1S/C19H25N5O2S/c1-13-6-3-4-10-24(13)11-9-20-17(25)15-7-5-8-16(12-15)21-18(26)19-23-22-14(2)27-19/h5,7-8,12-13H,3-4,6,9-11H2,1-2H3,(H,20,25)(H,21,26)/t13-/m1/s1. The zero-order chi connectivity index (χ0) is 19.2. The van der Waals surface area contributed by atoms with Gasteiger partial charge in [0.25, 0.3) is 11.8 Å². The second-order valence-corrected chi connectivity index (χ2v) is 7.98. The number of likely N-dealkylation sites (tertiary alicyclic amines) is 1. The Morgan fingerprint density at radius 3 is 2.85 bits per heavy atom. The number of piperidine rings is 1. The highest BCUT2D eigenvalue weighted by Crippen LogP contribution is 2.16. The van der Waals surface area contributed by atoms with Crippen LogP contribution >= 0.6 is 11.3 Å². The molecule has 2 aromatic rings. The molecule has 27 heavy (non-hydrogen) atoms. The van der Waals surface area contributed by atoms with E-state index in [1.807, 2.05) is 0 Å². The topological polar surface area (TPSA) is 87.2 Å². The van der Waals surface area contributed by atoms with E-state index in [1.54, 1.807) is 31.2 Å². The highest BCUT2D eigenvalue weighted by atomic mass is 32.1. The molecule has 0 bridgehead atoms. The molecule has 3 rings (SSSR count). The van der Waals surface area contributed by atoms with Gasteiger partial charge in [0.05, 0.1) is 0 Å². The van der Waals surface area contributed by atoms with Gasteiger partial charge in [0.1, 0.15) is 5.01 Å². The predicted molar refractivity (Wildman–Crippen MR) is 106 cm³/mol. The first-order valence-electron chi connectivity index (χ1n) is 9.26. The summed E-state index contributed by atoms with van der Waals surface area (Å²) < 4.78 is 0. The molecule has 144 valence electrons. The van der Waals surface area contributed by atoms with Crippen LogP contribution in [0.3, 0.4) is 0 Å². The molecule has 2 amide bonds. The van der Waals surface area contributed by atoms with Crippen LogP contribution in [0.15, 0.2) is 24.3 Å². The van der Waals surface area contributed by atoms with E-state index in [0.29, 0.717) is 28.8 Å². The van der Waals surface area contributed by atoms with Crippen molar-refractivity contribution in [3.63, 3.8) is 0 Å². The number of aromatic nitrogens is 2. The van der Waals surface area contributed by atoms with Gasteiger partial charge in [0.2, 0.25) is 5.01 Å². The van der Waals surface area contributed by atoms with Crippen LogP contribution in [0.4, 0.5) is 5.69 Å². The lowest BCUT2D eigenvalue weighted by atomic mass is 10.0. The van der Waals surface area contributed by atoms with Gasteiger partial charge in [-0.25, -0.2) is 0 Å². The molecule has 0 unspecified atom stereocenters. The van der Waals surface area contributed by atoms with Crippen LogP contribution in [0, 0.1) is 6.92 Å². The van der Waals surface area contributed by atoms with E-state index >= 15 is 0 Å². The van der Waals surface area contributed by atoms with Crippen molar-refractivity contribution in [1.29, 1.82) is 0 Å². The number of hydrogen-bond donors (Lipinski definition) is 2. The highest BCUT2D eigenvalue weighted by Gasteiger charge is 2.18. The Labute approximate surface area is 163 Å².